The number of nitrogens with one attached hydrogen (secondary N) is 1. The Hall–Kier alpha value is -0.900. The molecule has 7 heteroatoms. The van der Waals surface area contributed by atoms with Gasteiger partial charge >= 0.3 is 0 Å². The molecule has 1 rings (SSSR count). The number of halogens is 4. The zero-order valence-electron chi connectivity index (χ0n) is 8.48. The molecule has 0 amide bonds. The highest BCUT2D eigenvalue weighted by molar-refractivity contribution is 9.10. The van der Waals surface area contributed by atoms with Crippen LogP contribution in [0.2, 0.25) is 0 Å². The third kappa shape index (κ3) is 3.28. The van der Waals surface area contributed by atoms with Gasteiger partial charge in [0.25, 0.3) is 0 Å². The van der Waals surface area contributed by atoms with Crippen LogP contribution in [0.1, 0.15) is 5.56 Å². The van der Waals surface area contributed by atoms with Crippen molar-refractivity contribution in [3.05, 3.63) is 27.7 Å². The number of nitrogens with zero attached hydrogens (tertiary/aromatic N) is 1. The van der Waals surface area contributed by atoms with Crippen LogP contribution < -0.4 is 5.32 Å². The standard InChI is InChI=1S/C10H8BrClF2N2O/c11-8-9(14)5(3-15)1-7(13)10(8)16-4-6(17)2-12/h1,6,16-17H,2,4H2. The monoisotopic (exact) mass is 324 g/mol. The van der Waals surface area contributed by atoms with Crippen LogP contribution in [0.25, 0.3) is 0 Å². The molecular weight excluding hydrogens is 317 g/mol. The van der Waals surface area contributed by atoms with Crippen LogP contribution in [0.15, 0.2) is 10.5 Å². The van der Waals surface area contributed by atoms with E-state index in [1.165, 1.54) is 6.07 Å². The van der Waals surface area contributed by atoms with Crippen LogP contribution in [0, 0.1) is 23.0 Å². The summed E-state index contributed by atoms with van der Waals surface area (Å²) >= 11 is 8.22. The maximum Gasteiger partial charge on any atom is 0.157 e. The van der Waals surface area contributed by atoms with E-state index in [0.717, 1.165) is 6.07 Å². The molecule has 0 bridgehead atoms. The van der Waals surface area contributed by atoms with Gasteiger partial charge in [0.05, 0.1) is 27.7 Å². The fraction of sp³-hybridized carbons (Fsp3) is 0.300. The van der Waals surface area contributed by atoms with Crippen molar-refractivity contribution in [1.82, 2.24) is 0 Å². The van der Waals surface area contributed by atoms with Crippen LogP contribution >= 0.6 is 27.5 Å². The summed E-state index contributed by atoms with van der Waals surface area (Å²) in [6.45, 7) is -0.0235. The minimum absolute atomic E-state index is 0.0228. The number of rotatable bonds is 4. The van der Waals surface area contributed by atoms with Gasteiger partial charge in [0, 0.05) is 6.54 Å². The van der Waals surface area contributed by atoms with Crippen molar-refractivity contribution in [2.45, 2.75) is 6.10 Å². The van der Waals surface area contributed by atoms with Crippen molar-refractivity contribution in [3.8, 4) is 6.07 Å². The highest BCUT2D eigenvalue weighted by atomic mass is 79.9. The van der Waals surface area contributed by atoms with E-state index in [2.05, 4.69) is 21.2 Å². The Kier molecular flexibility index (Phi) is 5.12. The quantitative estimate of drug-likeness (QED) is 0.661. The summed E-state index contributed by atoms with van der Waals surface area (Å²) in [6, 6.07) is 2.32. The number of hydrogen-bond donors (Lipinski definition) is 2. The average molecular weight is 326 g/mol. The fourth-order valence-corrected chi connectivity index (χ4v) is 1.77. The van der Waals surface area contributed by atoms with Crippen LogP contribution in [-0.4, -0.2) is 23.6 Å². The minimum Gasteiger partial charge on any atom is -0.390 e. The molecule has 0 heterocycles. The number of aliphatic hydroxyl groups excluding tert-OH is 1. The molecule has 0 spiro atoms. The lowest BCUT2D eigenvalue weighted by molar-refractivity contribution is 0.211. The summed E-state index contributed by atoms with van der Waals surface area (Å²) in [5.74, 6) is -1.65. The molecule has 0 fully saturated rings. The van der Waals surface area contributed by atoms with Gasteiger partial charge in [0.1, 0.15) is 11.9 Å². The fourth-order valence-electron chi connectivity index (χ4n) is 1.11. The molecule has 2 N–H and O–H groups in total. The number of aliphatic hydroxyl groups is 1. The Balaban J connectivity index is 3.01. The third-order valence-electron chi connectivity index (χ3n) is 1.97. The van der Waals surface area contributed by atoms with Gasteiger partial charge in [-0.1, -0.05) is 0 Å². The summed E-state index contributed by atoms with van der Waals surface area (Å²) in [7, 11) is 0. The first-order valence-electron chi connectivity index (χ1n) is 4.56. The van der Waals surface area contributed by atoms with Crippen molar-refractivity contribution < 1.29 is 13.9 Å². The molecule has 92 valence electrons. The van der Waals surface area contributed by atoms with E-state index in [4.69, 9.17) is 16.9 Å². The van der Waals surface area contributed by atoms with E-state index >= 15 is 0 Å². The van der Waals surface area contributed by atoms with E-state index in [-0.39, 0.29) is 22.6 Å². The first kappa shape index (κ1) is 14.2. The molecule has 0 aliphatic heterocycles. The molecule has 1 atom stereocenters. The SMILES string of the molecule is N#Cc1cc(F)c(NCC(O)CCl)c(Br)c1F. The first-order chi connectivity index (χ1) is 8.01. The Morgan fingerprint density at radius 2 is 2.24 bits per heavy atom. The summed E-state index contributed by atoms with van der Waals surface area (Å²) in [5, 5.41) is 20.3. The van der Waals surface area contributed by atoms with Crippen molar-refractivity contribution in [1.29, 1.82) is 5.26 Å². The van der Waals surface area contributed by atoms with Crippen molar-refractivity contribution in [3.63, 3.8) is 0 Å². The number of anilines is 1. The van der Waals surface area contributed by atoms with Gasteiger partial charge in [-0.05, 0) is 22.0 Å². The van der Waals surface area contributed by atoms with Gasteiger partial charge in [-0.2, -0.15) is 5.26 Å². The Bertz CT molecular complexity index is 465. The molecule has 0 saturated carbocycles. The number of nitriles is 1. The van der Waals surface area contributed by atoms with Gasteiger partial charge in [0.2, 0.25) is 0 Å². The van der Waals surface area contributed by atoms with Crippen molar-refractivity contribution >= 4 is 33.2 Å². The molecule has 0 aliphatic rings. The second kappa shape index (κ2) is 6.15. The summed E-state index contributed by atoms with van der Waals surface area (Å²) in [5.41, 5.74) is -0.538. The maximum absolute atomic E-state index is 13.5. The second-order valence-electron chi connectivity index (χ2n) is 3.21. The molecule has 0 aliphatic carbocycles. The van der Waals surface area contributed by atoms with Gasteiger partial charge in [-0.15, -0.1) is 11.6 Å². The predicted molar refractivity (Wildman–Crippen MR) is 64.0 cm³/mol. The summed E-state index contributed by atoms with van der Waals surface area (Å²) in [6.07, 6.45) is -0.873. The lowest BCUT2D eigenvalue weighted by Crippen LogP contribution is -2.21. The van der Waals surface area contributed by atoms with Crippen LogP contribution in [0.4, 0.5) is 14.5 Å². The van der Waals surface area contributed by atoms with Crippen LogP contribution in [0.3, 0.4) is 0 Å². The normalized spacial score (nSPS) is 12.0. The topological polar surface area (TPSA) is 56.0 Å². The Labute approximate surface area is 110 Å². The lowest BCUT2D eigenvalue weighted by atomic mass is 10.2. The molecule has 1 unspecified atom stereocenters. The van der Waals surface area contributed by atoms with Crippen molar-refractivity contribution in [2.75, 3.05) is 17.7 Å². The first-order valence-corrected chi connectivity index (χ1v) is 5.89. The third-order valence-corrected chi connectivity index (χ3v) is 3.07. The zero-order valence-corrected chi connectivity index (χ0v) is 10.8. The molecule has 0 saturated heterocycles. The van der Waals surface area contributed by atoms with E-state index in [0.29, 0.717) is 0 Å². The highest BCUT2D eigenvalue weighted by Crippen LogP contribution is 2.30. The van der Waals surface area contributed by atoms with E-state index in [1.54, 1.807) is 0 Å². The van der Waals surface area contributed by atoms with Crippen molar-refractivity contribution in [2.24, 2.45) is 0 Å². The average Bonchev–Trinajstić information content (AvgIpc) is 2.33. The molecule has 17 heavy (non-hydrogen) atoms. The summed E-state index contributed by atoms with van der Waals surface area (Å²) < 4.78 is 26.8. The van der Waals surface area contributed by atoms with Gasteiger partial charge < -0.3 is 10.4 Å². The van der Waals surface area contributed by atoms with Crippen LogP contribution in [0.5, 0.6) is 0 Å². The maximum atomic E-state index is 13.5. The van der Waals surface area contributed by atoms with Gasteiger partial charge in [-0.25, -0.2) is 8.78 Å². The zero-order chi connectivity index (χ0) is 13.0. The second-order valence-corrected chi connectivity index (χ2v) is 4.31. The Morgan fingerprint density at radius 3 is 2.76 bits per heavy atom. The summed E-state index contributed by atoms with van der Waals surface area (Å²) in [4.78, 5) is 0. The smallest absolute Gasteiger partial charge is 0.157 e. The predicted octanol–water partition coefficient (Wildman–Crippen LogP) is 2.61. The number of hydrogen-bond acceptors (Lipinski definition) is 3. The Morgan fingerprint density at radius 1 is 1.59 bits per heavy atom. The number of benzene rings is 1. The van der Waals surface area contributed by atoms with Crippen LogP contribution in [-0.2, 0) is 0 Å². The van der Waals surface area contributed by atoms with Gasteiger partial charge in [-0.3, -0.25) is 0 Å². The lowest BCUT2D eigenvalue weighted by Gasteiger charge is -2.13. The molecule has 0 aromatic heterocycles. The van der Waals surface area contributed by atoms with E-state index in [1.807, 2.05) is 0 Å². The van der Waals surface area contributed by atoms with Gasteiger partial charge in [0.15, 0.2) is 5.82 Å². The number of alkyl halides is 1. The molecule has 1 aromatic rings. The molecule has 1 aromatic carbocycles. The minimum atomic E-state index is -0.873. The molecular formula is C10H8BrClF2N2O. The highest BCUT2D eigenvalue weighted by Gasteiger charge is 2.17. The molecule has 0 radical (unpaired) electrons. The van der Waals surface area contributed by atoms with E-state index in [9.17, 15) is 13.9 Å². The van der Waals surface area contributed by atoms with E-state index < -0.39 is 23.3 Å². The molecule has 3 nitrogen and oxygen atoms in total. The largest absolute Gasteiger partial charge is 0.390 e.